The van der Waals surface area contributed by atoms with E-state index in [9.17, 15) is 9.90 Å². The Morgan fingerprint density at radius 1 is 1.27 bits per heavy atom. The van der Waals surface area contributed by atoms with Gasteiger partial charge in [0, 0.05) is 44.5 Å². The summed E-state index contributed by atoms with van der Waals surface area (Å²) in [5, 5.41) is 12.8. The smallest absolute Gasteiger partial charge is 0.234 e. The molecule has 7 nitrogen and oxygen atoms in total. The number of carbonyl (C=O) groups excluding carboxylic acids is 1. The highest BCUT2D eigenvalue weighted by atomic mass is 16.3. The predicted molar refractivity (Wildman–Crippen MR) is 102 cm³/mol. The van der Waals surface area contributed by atoms with Crippen LogP contribution in [0.1, 0.15) is 24.8 Å². The maximum absolute atomic E-state index is 12.3. The van der Waals surface area contributed by atoms with Gasteiger partial charge in [-0.25, -0.2) is 4.98 Å². The van der Waals surface area contributed by atoms with Crippen LogP contribution in [0.2, 0.25) is 0 Å². The van der Waals surface area contributed by atoms with Gasteiger partial charge >= 0.3 is 0 Å². The molecule has 1 atom stereocenters. The molecule has 2 aliphatic rings. The van der Waals surface area contributed by atoms with Gasteiger partial charge in [0.05, 0.1) is 12.6 Å². The topological polar surface area (TPSA) is 71.9 Å². The van der Waals surface area contributed by atoms with E-state index >= 15 is 0 Å². The minimum Gasteiger partial charge on any atom is -0.392 e. The SMILES string of the molecule is CN1CCCN(c2ncccc2CNC(=O)CN2CCC[C@@H](O)C2)CC1. The number of nitrogens with zero attached hydrogens (tertiary/aromatic N) is 4. The van der Waals surface area contributed by atoms with E-state index in [1.807, 2.05) is 23.2 Å². The van der Waals surface area contributed by atoms with Crippen LogP contribution < -0.4 is 10.2 Å². The van der Waals surface area contributed by atoms with Crippen LogP contribution in [0, 0.1) is 0 Å². The third-order valence-electron chi connectivity index (χ3n) is 5.21. The lowest BCUT2D eigenvalue weighted by Crippen LogP contribution is -2.44. The summed E-state index contributed by atoms with van der Waals surface area (Å²) in [6.07, 6.45) is 4.43. The maximum atomic E-state index is 12.3. The van der Waals surface area contributed by atoms with Crippen LogP contribution in [0.25, 0.3) is 0 Å². The van der Waals surface area contributed by atoms with Gasteiger partial charge in [0.1, 0.15) is 5.82 Å². The molecule has 1 amide bonds. The lowest BCUT2D eigenvalue weighted by molar-refractivity contribution is -0.123. The molecular weight excluding hydrogens is 330 g/mol. The van der Waals surface area contributed by atoms with Crippen molar-refractivity contribution >= 4 is 11.7 Å². The van der Waals surface area contributed by atoms with Gasteiger partial charge < -0.3 is 20.2 Å². The molecule has 2 aliphatic heterocycles. The van der Waals surface area contributed by atoms with Crippen molar-refractivity contribution in [1.29, 1.82) is 0 Å². The highest BCUT2D eigenvalue weighted by Gasteiger charge is 2.20. The van der Waals surface area contributed by atoms with Gasteiger partial charge in [-0.3, -0.25) is 9.69 Å². The van der Waals surface area contributed by atoms with Crippen molar-refractivity contribution in [2.75, 3.05) is 57.8 Å². The summed E-state index contributed by atoms with van der Waals surface area (Å²) in [6.45, 7) is 6.40. The Morgan fingerprint density at radius 2 is 2.15 bits per heavy atom. The summed E-state index contributed by atoms with van der Waals surface area (Å²) in [7, 11) is 2.15. The van der Waals surface area contributed by atoms with Crippen LogP contribution in [-0.2, 0) is 11.3 Å². The predicted octanol–water partition coefficient (Wildman–Crippen LogP) is 0.296. The number of piperidine rings is 1. The van der Waals surface area contributed by atoms with Crippen LogP contribution >= 0.6 is 0 Å². The molecule has 7 heteroatoms. The number of rotatable bonds is 5. The molecule has 0 aliphatic carbocycles. The van der Waals surface area contributed by atoms with E-state index in [1.165, 1.54) is 0 Å². The minimum absolute atomic E-state index is 0.00417. The fourth-order valence-electron chi connectivity index (χ4n) is 3.74. The van der Waals surface area contributed by atoms with E-state index < -0.39 is 0 Å². The first kappa shape index (κ1) is 19.1. The highest BCUT2D eigenvalue weighted by Crippen LogP contribution is 2.19. The van der Waals surface area contributed by atoms with Crippen molar-refractivity contribution in [2.45, 2.75) is 31.9 Å². The molecule has 3 rings (SSSR count). The van der Waals surface area contributed by atoms with Crippen molar-refractivity contribution in [1.82, 2.24) is 20.1 Å². The van der Waals surface area contributed by atoms with E-state index in [1.54, 1.807) is 0 Å². The first-order chi connectivity index (χ1) is 12.6. The number of β-amino-alcohol motifs (C(OH)–C–C–N with tert-alkyl or cyclic N) is 1. The molecule has 144 valence electrons. The summed E-state index contributed by atoms with van der Waals surface area (Å²) in [4.78, 5) is 23.6. The normalized spacial score (nSPS) is 22.8. The molecule has 0 unspecified atom stereocenters. The van der Waals surface area contributed by atoms with E-state index in [2.05, 4.69) is 27.1 Å². The van der Waals surface area contributed by atoms with Crippen molar-refractivity contribution in [3.05, 3.63) is 23.9 Å². The van der Waals surface area contributed by atoms with Gasteiger partial charge in [-0.15, -0.1) is 0 Å². The molecule has 26 heavy (non-hydrogen) atoms. The average molecular weight is 361 g/mol. The van der Waals surface area contributed by atoms with Crippen molar-refractivity contribution in [3.63, 3.8) is 0 Å². The second-order valence-corrected chi connectivity index (χ2v) is 7.44. The third-order valence-corrected chi connectivity index (χ3v) is 5.21. The van der Waals surface area contributed by atoms with Crippen molar-refractivity contribution in [2.24, 2.45) is 0 Å². The molecule has 0 radical (unpaired) electrons. The summed E-state index contributed by atoms with van der Waals surface area (Å²) < 4.78 is 0. The standard InChI is InChI=1S/C19H31N5O2/c1-22-8-4-10-24(12-11-22)19-16(5-2-7-20-19)13-21-18(26)15-23-9-3-6-17(25)14-23/h2,5,7,17,25H,3-4,6,8-15H2,1H3,(H,21,26)/t17-/m1/s1. The first-order valence-electron chi connectivity index (χ1n) is 9.66. The van der Waals surface area contributed by atoms with Crippen molar-refractivity contribution in [3.8, 4) is 0 Å². The zero-order chi connectivity index (χ0) is 18.4. The van der Waals surface area contributed by atoms with Gasteiger partial charge in [0.15, 0.2) is 0 Å². The molecular formula is C19H31N5O2. The monoisotopic (exact) mass is 361 g/mol. The highest BCUT2D eigenvalue weighted by molar-refractivity contribution is 5.78. The molecule has 0 saturated carbocycles. The van der Waals surface area contributed by atoms with Gasteiger partial charge in [-0.1, -0.05) is 6.07 Å². The summed E-state index contributed by atoms with van der Waals surface area (Å²) >= 11 is 0. The van der Waals surface area contributed by atoms with Gasteiger partial charge in [-0.05, 0) is 45.5 Å². The summed E-state index contributed by atoms with van der Waals surface area (Å²) in [5.74, 6) is 0.987. The Labute approximate surface area is 156 Å². The molecule has 0 bridgehead atoms. The molecule has 3 heterocycles. The second kappa shape index (κ2) is 9.30. The number of aliphatic hydroxyl groups excluding tert-OH is 1. The number of nitrogens with one attached hydrogen (secondary N) is 1. The summed E-state index contributed by atoms with van der Waals surface area (Å²) in [6, 6.07) is 3.97. The maximum Gasteiger partial charge on any atom is 0.234 e. The number of aromatic nitrogens is 1. The fourth-order valence-corrected chi connectivity index (χ4v) is 3.74. The lowest BCUT2D eigenvalue weighted by atomic mass is 10.1. The minimum atomic E-state index is -0.303. The largest absolute Gasteiger partial charge is 0.392 e. The van der Waals surface area contributed by atoms with E-state index in [4.69, 9.17) is 0 Å². The number of likely N-dealkylation sites (N-methyl/N-ethyl adjacent to an activating group) is 1. The number of aliphatic hydroxyl groups is 1. The van der Waals surface area contributed by atoms with E-state index in [0.717, 1.165) is 63.4 Å². The zero-order valence-electron chi connectivity index (χ0n) is 15.7. The number of pyridine rings is 1. The Bertz CT molecular complexity index is 597. The van der Waals surface area contributed by atoms with Gasteiger partial charge in [0.25, 0.3) is 0 Å². The van der Waals surface area contributed by atoms with Crippen LogP contribution in [0.3, 0.4) is 0 Å². The molecule has 2 saturated heterocycles. The Morgan fingerprint density at radius 3 is 3.00 bits per heavy atom. The number of anilines is 1. The Balaban J connectivity index is 1.55. The van der Waals surface area contributed by atoms with E-state index in [0.29, 0.717) is 19.6 Å². The second-order valence-electron chi connectivity index (χ2n) is 7.44. The van der Waals surface area contributed by atoms with E-state index in [-0.39, 0.29) is 12.0 Å². The van der Waals surface area contributed by atoms with Crippen LogP contribution in [0.15, 0.2) is 18.3 Å². The van der Waals surface area contributed by atoms with Crippen LogP contribution in [0.5, 0.6) is 0 Å². The van der Waals surface area contributed by atoms with Crippen LogP contribution in [0.4, 0.5) is 5.82 Å². The molecule has 2 fully saturated rings. The quantitative estimate of drug-likeness (QED) is 0.786. The summed E-state index contributed by atoms with van der Waals surface area (Å²) in [5.41, 5.74) is 1.06. The van der Waals surface area contributed by atoms with Crippen molar-refractivity contribution < 1.29 is 9.90 Å². The first-order valence-corrected chi connectivity index (χ1v) is 9.66. The molecule has 1 aromatic heterocycles. The number of hydrogen-bond acceptors (Lipinski definition) is 6. The lowest BCUT2D eigenvalue weighted by Gasteiger charge is -2.29. The number of likely N-dealkylation sites (tertiary alicyclic amines) is 1. The van der Waals surface area contributed by atoms with Gasteiger partial charge in [-0.2, -0.15) is 0 Å². The molecule has 0 aromatic carbocycles. The van der Waals surface area contributed by atoms with Crippen LogP contribution in [-0.4, -0.2) is 84.8 Å². The van der Waals surface area contributed by atoms with Gasteiger partial charge in [0.2, 0.25) is 5.91 Å². The third kappa shape index (κ3) is 5.40. The Kier molecular flexibility index (Phi) is 6.82. The average Bonchev–Trinajstić information content (AvgIpc) is 2.85. The molecule has 2 N–H and O–H groups in total. The zero-order valence-corrected chi connectivity index (χ0v) is 15.7. The number of hydrogen-bond donors (Lipinski definition) is 2. The number of amides is 1. The molecule has 0 spiro atoms. The molecule has 1 aromatic rings. The Hall–Kier alpha value is -1.70. The number of carbonyl (C=O) groups is 1. The fraction of sp³-hybridized carbons (Fsp3) is 0.684.